The molecule has 8 heteroatoms. The maximum absolute atomic E-state index is 6.38. The SMILES string of the molecule is C[C@@H]1OCC2(CCN(c3ncc(I)c4nncn34)CC2)[C@@H]1N. The summed E-state index contributed by atoms with van der Waals surface area (Å²) in [5.41, 5.74) is 7.37. The van der Waals surface area contributed by atoms with Crippen LogP contribution in [0.3, 0.4) is 0 Å². The lowest BCUT2D eigenvalue weighted by Gasteiger charge is -2.41. The maximum Gasteiger partial charge on any atom is 0.212 e. The summed E-state index contributed by atoms with van der Waals surface area (Å²) in [6, 6.07) is 0.134. The molecule has 0 bridgehead atoms. The second-order valence-corrected chi connectivity index (χ2v) is 7.48. The van der Waals surface area contributed by atoms with Crippen molar-refractivity contribution < 1.29 is 4.74 Å². The van der Waals surface area contributed by atoms with E-state index in [4.69, 9.17) is 10.5 Å². The molecule has 2 saturated heterocycles. The van der Waals surface area contributed by atoms with Gasteiger partial charge in [-0.15, -0.1) is 10.2 Å². The molecule has 2 N–H and O–H groups in total. The van der Waals surface area contributed by atoms with E-state index in [0.29, 0.717) is 0 Å². The Balaban J connectivity index is 1.59. The second kappa shape index (κ2) is 5.27. The summed E-state index contributed by atoms with van der Waals surface area (Å²) in [6.07, 6.45) is 5.83. The molecule has 0 unspecified atom stereocenters. The Bertz CT molecular complexity index is 696. The standard InChI is InChI=1S/C14H19IN6O/c1-9-11(16)14(7-22-9)2-4-20(5-3-14)13-17-6-10(15)12-19-18-8-21(12)13/h6,8-9,11H,2-5,7,16H2,1H3/t9-,11+/m0/s1. The molecule has 2 fully saturated rings. The summed E-state index contributed by atoms with van der Waals surface area (Å²) in [6.45, 7) is 4.73. The zero-order valence-corrected chi connectivity index (χ0v) is 14.6. The smallest absolute Gasteiger partial charge is 0.212 e. The number of nitrogens with two attached hydrogens (primary N) is 1. The lowest BCUT2D eigenvalue weighted by Crippen LogP contribution is -2.51. The van der Waals surface area contributed by atoms with E-state index in [9.17, 15) is 0 Å². The minimum Gasteiger partial charge on any atom is -0.376 e. The van der Waals surface area contributed by atoms with Crippen LogP contribution in [0.4, 0.5) is 5.95 Å². The fourth-order valence-corrected chi connectivity index (χ4v) is 4.14. The Kier molecular flexibility index (Phi) is 3.50. The van der Waals surface area contributed by atoms with E-state index in [1.807, 2.05) is 10.6 Å². The zero-order valence-electron chi connectivity index (χ0n) is 12.4. The fraction of sp³-hybridized carbons (Fsp3) is 0.643. The first-order valence-corrected chi connectivity index (χ1v) is 8.65. The van der Waals surface area contributed by atoms with E-state index in [2.05, 4.69) is 49.6 Å². The van der Waals surface area contributed by atoms with Crippen LogP contribution in [0.15, 0.2) is 12.5 Å². The van der Waals surface area contributed by atoms with Crippen LogP contribution >= 0.6 is 22.6 Å². The third-order valence-electron chi connectivity index (χ3n) is 5.16. The molecule has 0 saturated carbocycles. The predicted octanol–water partition coefficient (Wildman–Crippen LogP) is 1.06. The number of anilines is 1. The monoisotopic (exact) mass is 414 g/mol. The largest absolute Gasteiger partial charge is 0.376 e. The summed E-state index contributed by atoms with van der Waals surface area (Å²) in [5, 5.41) is 8.18. The van der Waals surface area contributed by atoms with Crippen molar-refractivity contribution in [2.24, 2.45) is 11.1 Å². The molecule has 4 heterocycles. The van der Waals surface area contributed by atoms with E-state index in [1.54, 1.807) is 6.33 Å². The molecule has 2 aliphatic heterocycles. The lowest BCUT2D eigenvalue weighted by molar-refractivity contribution is 0.0973. The number of ether oxygens (including phenoxy) is 1. The van der Waals surface area contributed by atoms with Gasteiger partial charge in [0.25, 0.3) is 0 Å². The van der Waals surface area contributed by atoms with Crippen LogP contribution in [-0.4, -0.2) is 51.4 Å². The quantitative estimate of drug-likeness (QED) is 0.704. The molecular weight excluding hydrogens is 395 g/mol. The van der Waals surface area contributed by atoms with Crippen LogP contribution in [0, 0.1) is 8.99 Å². The van der Waals surface area contributed by atoms with Crippen molar-refractivity contribution in [2.45, 2.75) is 31.9 Å². The number of fused-ring (bicyclic) bond motifs is 1. The second-order valence-electron chi connectivity index (χ2n) is 6.32. The summed E-state index contributed by atoms with van der Waals surface area (Å²) >= 11 is 2.24. The molecule has 0 aromatic carbocycles. The Hall–Kier alpha value is -1.00. The van der Waals surface area contributed by atoms with E-state index >= 15 is 0 Å². The Morgan fingerprint density at radius 1 is 1.41 bits per heavy atom. The van der Waals surface area contributed by atoms with Crippen molar-refractivity contribution in [1.29, 1.82) is 0 Å². The van der Waals surface area contributed by atoms with Gasteiger partial charge in [0.1, 0.15) is 6.33 Å². The van der Waals surface area contributed by atoms with E-state index in [1.165, 1.54) is 0 Å². The van der Waals surface area contributed by atoms with Gasteiger partial charge in [0.15, 0.2) is 5.65 Å². The van der Waals surface area contributed by atoms with Crippen LogP contribution in [0.25, 0.3) is 5.65 Å². The first-order valence-electron chi connectivity index (χ1n) is 7.57. The third kappa shape index (κ3) is 2.11. The van der Waals surface area contributed by atoms with E-state index in [0.717, 1.165) is 47.7 Å². The summed E-state index contributed by atoms with van der Waals surface area (Å²) in [5.74, 6) is 0.913. The number of hydrogen-bond donors (Lipinski definition) is 1. The molecule has 0 radical (unpaired) electrons. The highest BCUT2D eigenvalue weighted by Crippen LogP contribution is 2.41. The summed E-state index contributed by atoms with van der Waals surface area (Å²) in [4.78, 5) is 6.89. The molecule has 7 nitrogen and oxygen atoms in total. The number of rotatable bonds is 1. The van der Waals surface area contributed by atoms with Gasteiger partial charge in [-0.2, -0.15) is 0 Å². The molecule has 2 aromatic heterocycles. The van der Waals surface area contributed by atoms with Gasteiger partial charge in [0.2, 0.25) is 5.95 Å². The van der Waals surface area contributed by atoms with Gasteiger partial charge in [-0.1, -0.05) is 0 Å². The maximum atomic E-state index is 6.38. The molecule has 0 amide bonds. The van der Waals surface area contributed by atoms with Crippen molar-refractivity contribution in [3.63, 3.8) is 0 Å². The lowest BCUT2D eigenvalue weighted by atomic mass is 9.73. The molecule has 22 heavy (non-hydrogen) atoms. The van der Waals surface area contributed by atoms with Crippen LogP contribution < -0.4 is 10.6 Å². The van der Waals surface area contributed by atoms with Crippen molar-refractivity contribution in [3.8, 4) is 0 Å². The van der Waals surface area contributed by atoms with Gasteiger partial charge in [-0.25, -0.2) is 4.98 Å². The van der Waals surface area contributed by atoms with Crippen molar-refractivity contribution in [1.82, 2.24) is 19.6 Å². The van der Waals surface area contributed by atoms with E-state index < -0.39 is 0 Å². The zero-order chi connectivity index (χ0) is 15.3. The highest BCUT2D eigenvalue weighted by Gasteiger charge is 2.47. The first-order chi connectivity index (χ1) is 10.6. The summed E-state index contributed by atoms with van der Waals surface area (Å²) < 4.78 is 8.76. The molecule has 118 valence electrons. The number of nitrogens with zero attached hydrogens (tertiary/aromatic N) is 5. The molecule has 2 atom stereocenters. The topological polar surface area (TPSA) is 81.6 Å². The van der Waals surface area contributed by atoms with Crippen LogP contribution in [0.2, 0.25) is 0 Å². The van der Waals surface area contributed by atoms with Gasteiger partial charge in [-0.05, 0) is 42.4 Å². The van der Waals surface area contributed by atoms with Crippen LogP contribution in [0.5, 0.6) is 0 Å². The average molecular weight is 414 g/mol. The minimum absolute atomic E-state index is 0.130. The van der Waals surface area contributed by atoms with Gasteiger partial charge >= 0.3 is 0 Å². The highest BCUT2D eigenvalue weighted by atomic mass is 127. The van der Waals surface area contributed by atoms with E-state index in [-0.39, 0.29) is 17.6 Å². The summed E-state index contributed by atoms with van der Waals surface area (Å²) in [7, 11) is 0. The number of piperidine rings is 1. The first kappa shape index (κ1) is 14.6. The highest BCUT2D eigenvalue weighted by molar-refractivity contribution is 14.1. The van der Waals surface area contributed by atoms with Crippen molar-refractivity contribution in [3.05, 3.63) is 16.1 Å². The normalized spacial score (nSPS) is 27.9. The van der Waals surface area contributed by atoms with Crippen molar-refractivity contribution >= 4 is 34.2 Å². The van der Waals surface area contributed by atoms with Crippen LogP contribution in [0.1, 0.15) is 19.8 Å². The number of aromatic nitrogens is 4. The van der Waals surface area contributed by atoms with Gasteiger partial charge in [0.05, 0.1) is 16.3 Å². The molecular formula is C14H19IN6O. The molecule has 2 aromatic rings. The van der Waals surface area contributed by atoms with Crippen LogP contribution in [-0.2, 0) is 4.74 Å². The number of hydrogen-bond acceptors (Lipinski definition) is 6. The Morgan fingerprint density at radius 2 is 2.18 bits per heavy atom. The molecule has 4 rings (SSSR count). The van der Waals surface area contributed by atoms with Crippen molar-refractivity contribution in [2.75, 3.05) is 24.6 Å². The Morgan fingerprint density at radius 3 is 2.86 bits per heavy atom. The predicted molar refractivity (Wildman–Crippen MR) is 90.8 cm³/mol. The molecule has 1 spiro atoms. The molecule has 0 aliphatic carbocycles. The molecule has 2 aliphatic rings. The van der Waals surface area contributed by atoms with Gasteiger partial charge in [-0.3, -0.25) is 4.40 Å². The average Bonchev–Trinajstić information content (AvgIpc) is 3.12. The number of halogens is 1. The third-order valence-corrected chi connectivity index (χ3v) is 5.92. The fourth-order valence-electron chi connectivity index (χ4n) is 3.64. The van der Waals surface area contributed by atoms with Gasteiger partial charge < -0.3 is 15.4 Å². The Labute approximate surface area is 142 Å². The minimum atomic E-state index is 0.130. The van der Waals surface area contributed by atoms with Gasteiger partial charge in [0, 0.05) is 30.7 Å².